The summed E-state index contributed by atoms with van der Waals surface area (Å²) in [5, 5.41) is 9.56. The smallest absolute Gasteiger partial charge is 0.264 e. The first-order chi connectivity index (χ1) is 19.3. The Morgan fingerprint density at radius 3 is 2.50 bits per heavy atom. The molecule has 0 saturated heterocycles. The van der Waals surface area contributed by atoms with Gasteiger partial charge in [0.05, 0.1) is 23.3 Å². The number of primary amides is 1. The van der Waals surface area contributed by atoms with Crippen LogP contribution in [0.1, 0.15) is 34.1 Å². The second-order valence-electron chi connectivity index (χ2n) is 8.77. The molecule has 2 N–H and O–H groups in total. The molecule has 0 spiro atoms. The first-order valence-electron chi connectivity index (χ1n) is 12.5. The van der Waals surface area contributed by atoms with Crippen LogP contribution >= 0.6 is 0 Å². The maximum Gasteiger partial charge on any atom is 0.264 e. The maximum atomic E-state index is 13.4. The van der Waals surface area contributed by atoms with Gasteiger partial charge >= 0.3 is 0 Å². The molecule has 0 aliphatic carbocycles. The molecule has 40 heavy (non-hydrogen) atoms. The van der Waals surface area contributed by atoms with Crippen molar-refractivity contribution in [3.8, 4) is 17.5 Å². The van der Waals surface area contributed by atoms with Gasteiger partial charge in [0, 0.05) is 43.5 Å². The Kier molecular flexibility index (Phi) is 8.52. The van der Waals surface area contributed by atoms with Crippen molar-refractivity contribution in [3.05, 3.63) is 119 Å². The number of hydrogen-bond donors (Lipinski definition) is 1. The minimum Gasteiger partial charge on any atom is -0.365 e. The zero-order chi connectivity index (χ0) is 28.6. The van der Waals surface area contributed by atoms with E-state index in [1.54, 1.807) is 22.5 Å². The van der Waals surface area contributed by atoms with Gasteiger partial charge in [-0.25, -0.2) is 4.99 Å². The van der Waals surface area contributed by atoms with E-state index >= 15 is 0 Å². The van der Waals surface area contributed by atoms with Crippen LogP contribution in [0.3, 0.4) is 0 Å². The Hall–Kier alpha value is -5.49. The lowest BCUT2D eigenvalue weighted by molar-refractivity contribution is 0.100. The first kappa shape index (κ1) is 27.5. The molecule has 0 fully saturated rings. The lowest BCUT2D eigenvalue weighted by Gasteiger charge is -2.14. The van der Waals surface area contributed by atoms with Gasteiger partial charge in [0.1, 0.15) is 5.56 Å². The zero-order valence-corrected chi connectivity index (χ0v) is 22.6. The number of benzene rings is 2. The van der Waals surface area contributed by atoms with E-state index in [9.17, 15) is 9.59 Å². The van der Waals surface area contributed by atoms with Crippen LogP contribution in [-0.4, -0.2) is 36.2 Å². The molecule has 0 atom stereocenters. The number of hydrogen-bond acceptors (Lipinski definition) is 5. The maximum absolute atomic E-state index is 13.4. The Morgan fingerprint density at radius 1 is 1.07 bits per heavy atom. The Bertz CT molecular complexity index is 1830. The molecule has 2 aromatic carbocycles. The fourth-order valence-corrected chi connectivity index (χ4v) is 4.15. The number of nitrogens with two attached hydrogens (primary N) is 1. The summed E-state index contributed by atoms with van der Waals surface area (Å²) in [6, 6.07) is 17.6. The van der Waals surface area contributed by atoms with Crippen molar-refractivity contribution in [1.82, 2.24) is 24.1 Å². The van der Waals surface area contributed by atoms with Gasteiger partial charge < -0.3 is 5.73 Å². The zero-order valence-electron chi connectivity index (χ0n) is 22.6. The number of para-hydroxylation sites is 1. The van der Waals surface area contributed by atoms with Crippen molar-refractivity contribution in [2.45, 2.75) is 13.3 Å². The second-order valence-corrected chi connectivity index (χ2v) is 8.77. The van der Waals surface area contributed by atoms with Crippen molar-refractivity contribution in [2.24, 2.45) is 24.8 Å². The normalized spacial score (nSPS) is 10.6. The molecule has 0 radical (unpaired) electrons. The molecule has 3 heterocycles. The van der Waals surface area contributed by atoms with Gasteiger partial charge in [0.25, 0.3) is 11.5 Å². The summed E-state index contributed by atoms with van der Waals surface area (Å²) < 4.78 is 4.97. The Labute approximate surface area is 231 Å². The molecule has 3 aromatic heterocycles. The highest BCUT2D eigenvalue weighted by molar-refractivity contribution is 5.97. The van der Waals surface area contributed by atoms with Crippen molar-refractivity contribution < 1.29 is 4.79 Å². The monoisotopic (exact) mass is 531 g/mol. The van der Waals surface area contributed by atoms with E-state index in [0.29, 0.717) is 16.8 Å². The number of rotatable bonds is 5. The molecular weight excluding hydrogens is 502 g/mol. The highest BCUT2D eigenvalue weighted by atomic mass is 16.1. The van der Waals surface area contributed by atoms with Gasteiger partial charge in [0.15, 0.2) is 5.82 Å². The van der Waals surface area contributed by atoms with E-state index in [-0.39, 0.29) is 5.56 Å². The van der Waals surface area contributed by atoms with E-state index in [1.165, 1.54) is 23.2 Å². The Balaban J connectivity index is 0.000000240. The number of carbonyl (C=O) groups is 1. The largest absolute Gasteiger partial charge is 0.365 e. The number of nitrogens with zero attached hydrogens (tertiary/aromatic N) is 6. The third-order valence-corrected chi connectivity index (χ3v) is 6.02. The predicted molar refractivity (Wildman–Crippen MR) is 158 cm³/mol. The predicted octanol–water partition coefficient (Wildman–Crippen LogP) is 4.09. The van der Waals surface area contributed by atoms with Gasteiger partial charge in [0.2, 0.25) is 0 Å². The molecule has 9 nitrogen and oxygen atoms in total. The number of aliphatic imine (C=N–C) groups is 1. The van der Waals surface area contributed by atoms with E-state index in [1.807, 2.05) is 61.8 Å². The van der Waals surface area contributed by atoms with Crippen molar-refractivity contribution >= 4 is 28.7 Å². The summed E-state index contributed by atoms with van der Waals surface area (Å²) in [6.45, 7) is 5.53. The molecule has 200 valence electrons. The van der Waals surface area contributed by atoms with Gasteiger partial charge in [-0.3, -0.25) is 23.5 Å². The van der Waals surface area contributed by atoms with Crippen molar-refractivity contribution in [2.75, 3.05) is 0 Å². The number of aryl methyl sites for hydroxylation is 3. The van der Waals surface area contributed by atoms with Crippen LogP contribution < -0.4 is 11.3 Å². The molecule has 5 rings (SSSR count). The standard InChI is InChI=1S/C23H19N3O.C8H10N4O/c1-3-20-14-19-9-7-8-18(13-12-17-15-24-25(2)16-17)22(19)23(27)26(20)21-10-5-4-6-11-21;1-3-4-10-8-6(7(9)13)5-11-12(8)2/h4-11,14-16H,3H2,1-2H3;3-5H,1H2,2H3,(H2,9,13)/b;10-4-. The molecule has 0 unspecified atom stereocenters. The number of aromatic nitrogens is 5. The summed E-state index contributed by atoms with van der Waals surface area (Å²) in [5.41, 5.74) is 8.78. The minimum atomic E-state index is -0.538. The van der Waals surface area contributed by atoms with E-state index < -0.39 is 5.91 Å². The van der Waals surface area contributed by atoms with Crippen molar-refractivity contribution in [3.63, 3.8) is 0 Å². The fourth-order valence-electron chi connectivity index (χ4n) is 4.15. The highest BCUT2D eigenvalue weighted by Gasteiger charge is 2.13. The van der Waals surface area contributed by atoms with Gasteiger partial charge in [-0.2, -0.15) is 10.2 Å². The molecule has 1 amide bonds. The molecule has 0 aliphatic rings. The molecule has 9 heteroatoms. The van der Waals surface area contributed by atoms with Crippen LogP contribution in [0, 0.1) is 11.8 Å². The first-order valence-corrected chi connectivity index (χ1v) is 12.5. The molecule has 0 bridgehead atoms. The minimum absolute atomic E-state index is 0.0355. The van der Waals surface area contributed by atoms with Crippen LogP contribution in [0.4, 0.5) is 5.82 Å². The fraction of sp³-hybridized carbons (Fsp3) is 0.129. The molecule has 0 saturated carbocycles. The second kappa shape index (κ2) is 12.4. The number of allylic oxidation sites excluding steroid dienone is 1. The third-order valence-electron chi connectivity index (χ3n) is 6.02. The average Bonchev–Trinajstić information content (AvgIpc) is 3.55. The van der Waals surface area contributed by atoms with Gasteiger partial charge in [-0.15, -0.1) is 0 Å². The highest BCUT2D eigenvalue weighted by Crippen LogP contribution is 2.20. The SMILES string of the molecule is C=C/C=N\c1c(C(N)=O)cnn1C.CCc1cc2cccc(C#Cc3cnn(C)c3)c2c(=O)n1-c1ccccc1. The summed E-state index contributed by atoms with van der Waals surface area (Å²) >= 11 is 0. The molecule has 5 aromatic rings. The molecule has 0 aliphatic heterocycles. The number of amides is 1. The van der Waals surface area contributed by atoms with Crippen LogP contribution in [0.25, 0.3) is 16.5 Å². The number of carbonyl (C=O) groups excluding carboxylic acids is 1. The summed E-state index contributed by atoms with van der Waals surface area (Å²) in [6.07, 6.45) is 8.72. The van der Waals surface area contributed by atoms with Crippen molar-refractivity contribution in [1.29, 1.82) is 0 Å². The van der Waals surface area contributed by atoms with Crippen LogP contribution in [0.15, 0.2) is 95.6 Å². The van der Waals surface area contributed by atoms with E-state index in [2.05, 4.69) is 46.6 Å². The number of fused-ring (bicyclic) bond motifs is 1. The number of pyridine rings is 1. The summed E-state index contributed by atoms with van der Waals surface area (Å²) in [4.78, 5) is 28.3. The quantitative estimate of drug-likeness (QED) is 0.272. The van der Waals surface area contributed by atoms with Gasteiger partial charge in [-0.05, 0) is 36.1 Å². The lowest BCUT2D eigenvalue weighted by Crippen LogP contribution is -2.22. The van der Waals surface area contributed by atoms with E-state index in [0.717, 1.165) is 34.3 Å². The molecular formula is C31H29N7O2. The topological polar surface area (TPSA) is 113 Å². The average molecular weight is 532 g/mol. The van der Waals surface area contributed by atoms with Gasteiger partial charge in [-0.1, -0.05) is 61.8 Å². The third kappa shape index (κ3) is 5.97. The van der Waals surface area contributed by atoms with E-state index in [4.69, 9.17) is 5.73 Å². The van der Waals surface area contributed by atoms with Crippen LogP contribution in [-0.2, 0) is 20.5 Å². The van der Waals surface area contributed by atoms with Crippen LogP contribution in [0.5, 0.6) is 0 Å². The Morgan fingerprint density at radius 2 is 1.85 bits per heavy atom. The summed E-state index contributed by atoms with van der Waals surface area (Å²) in [5.74, 6) is 6.16. The van der Waals surface area contributed by atoms with Crippen LogP contribution in [0.2, 0.25) is 0 Å². The summed E-state index contributed by atoms with van der Waals surface area (Å²) in [7, 11) is 3.54. The lowest BCUT2D eigenvalue weighted by atomic mass is 10.0.